The number of hydrogen-bond donors (Lipinski definition) is 1. The van der Waals surface area contributed by atoms with Gasteiger partial charge in [-0.15, -0.1) is 0 Å². The molecular weight excluding hydrogens is 220 g/mol. The molecule has 1 saturated carbocycles. The first-order chi connectivity index (χ1) is 8.74. The molecule has 0 radical (unpaired) electrons. The van der Waals surface area contributed by atoms with E-state index in [2.05, 4.69) is 36.3 Å². The van der Waals surface area contributed by atoms with Gasteiger partial charge in [-0.2, -0.15) is 0 Å². The maximum absolute atomic E-state index is 3.83. The van der Waals surface area contributed by atoms with Gasteiger partial charge in [0.1, 0.15) is 0 Å². The zero-order chi connectivity index (χ0) is 12.5. The summed E-state index contributed by atoms with van der Waals surface area (Å²) >= 11 is 0. The largest absolute Gasteiger partial charge is 0.312 e. The molecule has 5 atom stereocenters. The van der Waals surface area contributed by atoms with E-state index in [1.165, 1.54) is 45.2 Å². The number of nitrogens with one attached hydrogen (secondary N) is 1. The van der Waals surface area contributed by atoms with Crippen LogP contribution >= 0.6 is 0 Å². The summed E-state index contributed by atoms with van der Waals surface area (Å²) in [5, 5.41) is 3.83. The molecule has 2 aliphatic carbocycles. The smallest absolute Gasteiger partial charge is 0.0217 e. The standard InChI is InChI=1S/C16H28N2/c1-12(16-10-13-6-7-14(16)9-13)17-11-15-5-3-4-8-18(15)2/h6-7,12-17H,3-5,8-11H2,1-2H3. The van der Waals surface area contributed by atoms with E-state index < -0.39 is 0 Å². The lowest BCUT2D eigenvalue weighted by molar-refractivity contribution is 0.172. The molecule has 2 heteroatoms. The minimum absolute atomic E-state index is 0.695. The first kappa shape index (κ1) is 12.7. The summed E-state index contributed by atoms with van der Waals surface area (Å²) in [5.41, 5.74) is 0. The third-order valence-corrected chi connectivity index (χ3v) is 5.57. The van der Waals surface area contributed by atoms with Crippen molar-refractivity contribution < 1.29 is 0 Å². The second kappa shape index (κ2) is 5.34. The molecule has 2 bridgehead atoms. The molecule has 1 heterocycles. The average Bonchev–Trinajstić information content (AvgIpc) is 2.99. The minimum atomic E-state index is 0.695. The van der Waals surface area contributed by atoms with Crippen molar-refractivity contribution in [3.8, 4) is 0 Å². The Morgan fingerprint density at radius 2 is 2.17 bits per heavy atom. The van der Waals surface area contributed by atoms with Gasteiger partial charge in [-0.25, -0.2) is 0 Å². The van der Waals surface area contributed by atoms with E-state index in [1.807, 2.05) is 0 Å². The molecule has 3 rings (SSSR count). The molecule has 18 heavy (non-hydrogen) atoms. The Labute approximate surface area is 112 Å². The van der Waals surface area contributed by atoms with Crippen LogP contribution in [0.15, 0.2) is 12.2 Å². The zero-order valence-corrected chi connectivity index (χ0v) is 11.9. The number of piperidine rings is 1. The van der Waals surface area contributed by atoms with Crippen LogP contribution in [0.4, 0.5) is 0 Å². The topological polar surface area (TPSA) is 15.3 Å². The highest BCUT2D eigenvalue weighted by molar-refractivity contribution is 5.11. The van der Waals surface area contributed by atoms with Crippen LogP contribution in [0.2, 0.25) is 0 Å². The summed E-state index contributed by atoms with van der Waals surface area (Å²) in [6.07, 6.45) is 12.0. The van der Waals surface area contributed by atoms with E-state index in [4.69, 9.17) is 0 Å². The number of fused-ring (bicyclic) bond motifs is 2. The van der Waals surface area contributed by atoms with E-state index >= 15 is 0 Å². The van der Waals surface area contributed by atoms with Crippen LogP contribution in [0.25, 0.3) is 0 Å². The number of likely N-dealkylation sites (tertiary alicyclic amines) is 1. The molecule has 1 N–H and O–H groups in total. The molecule has 1 saturated heterocycles. The summed E-state index contributed by atoms with van der Waals surface area (Å²) in [4.78, 5) is 2.55. The maximum Gasteiger partial charge on any atom is 0.0217 e. The Balaban J connectivity index is 1.46. The first-order valence-electron chi connectivity index (χ1n) is 7.86. The lowest BCUT2D eigenvalue weighted by Gasteiger charge is -2.35. The van der Waals surface area contributed by atoms with E-state index in [0.29, 0.717) is 6.04 Å². The Hall–Kier alpha value is -0.340. The molecule has 0 spiro atoms. The minimum Gasteiger partial charge on any atom is -0.312 e. The van der Waals surface area contributed by atoms with E-state index in [-0.39, 0.29) is 0 Å². The maximum atomic E-state index is 3.83. The van der Waals surface area contributed by atoms with Crippen molar-refractivity contribution in [2.45, 2.75) is 51.1 Å². The third-order valence-electron chi connectivity index (χ3n) is 5.57. The van der Waals surface area contributed by atoms with E-state index in [9.17, 15) is 0 Å². The van der Waals surface area contributed by atoms with Gasteiger partial charge in [0.25, 0.3) is 0 Å². The SMILES string of the molecule is CC(NCC1CCCCN1C)C1CC2C=CC1C2. The van der Waals surface area contributed by atoms with Crippen LogP contribution < -0.4 is 5.32 Å². The van der Waals surface area contributed by atoms with Gasteiger partial charge < -0.3 is 10.2 Å². The molecule has 5 unspecified atom stereocenters. The Bertz CT molecular complexity index is 312. The molecule has 2 nitrogen and oxygen atoms in total. The Kier molecular flexibility index (Phi) is 3.76. The van der Waals surface area contributed by atoms with Gasteiger partial charge in [0.05, 0.1) is 0 Å². The van der Waals surface area contributed by atoms with Gasteiger partial charge in [0.15, 0.2) is 0 Å². The van der Waals surface area contributed by atoms with Gasteiger partial charge in [0.2, 0.25) is 0 Å². The molecule has 0 amide bonds. The molecule has 0 aromatic carbocycles. The average molecular weight is 248 g/mol. The van der Waals surface area contributed by atoms with Crippen LogP contribution in [-0.2, 0) is 0 Å². The van der Waals surface area contributed by atoms with Crippen LogP contribution in [0.3, 0.4) is 0 Å². The van der Waals surface area contributed by atoms with Crippen molar-refractivity contribution in [1.29, 1.82) is 0 Å². The summed E-state index contributed by atoms with van der Waals surface area (Å²) in [7, 11) is 2.29. The molecule has 102 valence electrons. The normalized spacial score (nSPS) is 41.4. The molecule has 0 aromatic heterocycles. The monoisotopic (exact) mass is 248 g/mol. The lowest BCUT2D eigenvalue weighted by atomic mass is 9.87. The van der Waals surface area contributed by atoms with E-state index in [0.717, 1.165) is 23.8 Å². The number of allylic oxidation sites excluding steroid dienone is 2. The van der Waals surface area contributed by atoms with E-state index in [1.54, 1.807) is 0 Å². The second-order valence-corrected chi connectivity index (χ2v) is 6.77. The van der Waals surface area contributed by atoms with Gasteiger partial charge in [0, 0.05) is 18.6 Å². The van der Waals surface area contributed by atoms with Crippen LogP contribution in [0.5, 0.6) is 0 Å². The third kappa shape index (κ3) is 2.50. The summed E-state index contributed by atoms with van der Waals surface area (Å²) in [6.45, 7) is 4.88. The van der Waals surface area contributed by atoms with Crippen molar-refractivity contribution in [2.75, 3.05) is 20.1 Å². The van der Waals surface area contributed by atoms with Crippen molar-refractivity contribution in [3.05, 3.63) is 12.2 Å². The van der Waals surface area contributed by atoms with Crippen molar-refractivity contribution in [2.24, 2.45) is 17.8 Å². The fourth-order valence-electron chi connectivity index (χ4n) is 4.27. The van der Waals surface area contributed by atoms with Gasteiger partial charge in [-0.1, -0.05) is 18.6 Å². The van der Waals surface area contributed by atoms with Crippen LogP contribution in [0.1, 0.15) is 39.0 Å². The van der Waals surface area contributed by atoms with Crippen molar-refractivity contribution in [1.82, 2.24) is 10.2 Å². The fraction of sp³-hybridized carbons (Fsp3) is 0.875. The zero-order valence-electron chi connectivity index (χ0n) is 11.9. The molecule has 1 aliphatic heterocycles. The van der Waals surface area contributed by atoms with Crippen molar-refractivity contribution in [3.63, 3.8) is 0 Å². The highest BCUT2D eigenvalue weighted by Crippen LogP contribution is 2.44. The summed E-state index contributed by atoms with van der Waals surface area (Å²) < 4.78 is 0. The van der Waals surface area contributed by atoms with Crippen molar-refractivity contribution >= 4 is 0 Å². The number of rotatable bonds is 4. The Morgan fingerprint density at radius 3 is 2.83 bits per heavy atom. The predicted octanol–water partition coefficient (Wildman–Crippen LogP) is 2.66. The molecule has 0 aromatic rings. The second-order valence-electron chi connectivity index (χ2n) is 6.77. The van der Waals surface area contributed by atoms with Gasteiger partial charge in [-0.05, 0) is 64.0 Å². The highest BCUT2D eigenvalue weighted by Gasteiger charge is 2.38. The van der Waals surface area contributed by atoms with Crippen LogP contribution in [0, 0.1) is 17.8 Å². The number of likely N-dealkylation sites (N-methyl/N-ethyl adjacent to an activating group) is 1. The number of hydrogen-bond acceptors (Lipinski definition) is 2. The molecular formula is C16H28N2. The van der Waals surface area contributed by atoms with Crippen LogP contribution in [-0.4, -0.2) is 37.1 Å². The number of nitrogens with zero attached hydrogens (tertiary/aromatic N) is 1. The highest BCUT2D eigenvalue weighted by atomic mass is 15.2. The predicted molar refractivity (Wildman–Crippen MR) is 76.6 cm³/mol. The molecule has 3 aliphatic rings. The Morgan fingerprint density at radius 1 is 1.28 bits per heavy atom. The quantitative estimate of drug-likeness (QED) is 0.770. The van der Waals surface area contributed by atoms with Gasteiger partial charge in [-0.3, -0.25) is 0 Å². The summed E-state index contributed by atoms with van der Waals surface area (Å²) in [5.74, 6) is 2.68. The fourth-order valence-corrected chi connectivity index (χ4v) is 4.27. The first-order valence-corrected chi connectivity index (χ1v) is 7.86. The van der Waals surface area contributed by atoms with Gasteiger partial charge >= 0.3 is 0 Å². The summed E-state index contributed by atoms with van der Waals surface area (Å²) in [6, 6.07) is 1.47. The molecule has 2 fully saturated rings. The lowest BCUT2D eigenvalue weighted by Crippen LogP contribution is -2.47.